The quantitative estimate of drug-likeness (QED) is 0.728. The largest absolute Gasteiger partial charge is 0.395 e. The first-order valence-corrected chi connectivity index (χ1v) is 4.60. The Kier molecular flexibility index (Phi) is 2.25. The molecule has 0 fully saturated rings. The Labute approximate surface area is 87.1 Å². The summed E-state index contributed by atoms with van der Waals surface area (Å²) in [5.74, 6) is -0.109. The number of H-pyrrole nitrogens is 1. The highest BCUT2D eigenvalue weighted by molar-refractivity contribution is 6.00. The number of aromatic amines is 1. The van der Waals surface area contributed by atoms with Gasteiger partial charge in [-0.25, -0.2) is 0 Å². The van der Waals surface area contributed by atoms with E-state index in [-0.39, 0.29) is 5.78 Å². The molecule has 15 heavy (non-hydrogen) atoms. The summed E-state index contributed by atoms with van der Waals surface area (Å²) in [4.78, 5) is 11.2. The SMILES string of the molecule is CC(=O)c1[nH]nc(-c2ccccc2)c1N. The minimum absolute atomic E-state index is 0.109. The molecule has 0 spiro atoms. The molecule has 0 aliphatic carbocycles. The van der Waals surface area contributed by atoms with Crippen molar-refractivity contribution in [1.82, 2.24) is 10.2 Å². The van der Waals surface area contributed by atoms with Crippen LogP contribution in [-0.4, -0.2) is 16.0 Å². The number of nitrogens with two attached hydrogens (primary N) is 1. The van der Waals surface area contributed by atoms with Crippen LogP contribution in [0.2, 0.25) is 0 Å². The van der Waals surface area contributed by atoms with Crippen LogP contribution in [0.3, 0.4) is 0 Å². The van der Waals surface area contributed by atoms with Gasteiger partial charge in [0.2, 0.25) is 0 Å². The van der Waals surface area contributed by atoms with Gasteiger partial charge in [0.1, 0.15) is 11.4 Å². The molecule has 2 rings (SSSR count). The standard InChI is InChI=1S/C11H11N3O/c1-7(15)10-9(12)11(14-13-10)8-5-3-2-4-6-8/h2-6H,12H2,1H3,(H,13,14). The van der Waals surface area contributed by atoms with Crippen molar-refractivity contribution in [2.75, 3.05) is 5.73 Å². The second-order valence-corrected chi connectivity index (χ2v) is 3.28. The van der Waals surface area contributed by atoms with Crippen molar-refractivity contribution in [2.24, 2.45) is 0 Å². The van der Waals surface area contributed by atoms with Crippen LogP contribution in [0.15, 0.2) is 30.3 Å². The van der Waals surface area contributed by atoms with Gasteiger partial charge in [0.25, 0.3) is 0 Å². The summed E-state index contributed by atoms with van der Waals surface area (Å²) >= 11 is 0. The van der Waals surface area contributed by atoms with Gasteiger partial charge >= 0.3 is 0 Å². The zero-order chi connectivity index (χ0) is 10.8. The summed E-state index contributed by atoms with van der Waals surface area (Å²) in [7, 11) is 0. The topological polar surface area (TPSA) is 71.8 Å². The Morgan fingerprint density at radius 2 is 2.00 bits per heavy atom. The lowest BCUT2D eigenvalue weighted by molar-refractivity contribution is 0.101. The van der Waals surface area contributed by atoms with Crippen molar-refractivity contribution in [3.63, 3.8) is 0 Å². The summed E-state index contributed by atoms with van der Waals surface area (Å²) in [5, 5.41) is 6.68. The van der Waals surface area contributed by atoms with Gasteiger partial charge in [-0.05, 0) is 0 Å². The van der Waals surface area contributed by atoms with Gasteiger partial charge in [0.05, 0.1) is 5.69 Å². The van der Waals surface area contributed by atoms with Gasteiger partial charge < -0.3 is 5.73 Å². The fourth-order valence-corrected chi connectivity index (χ4v) is 1.44. The molecule has 0 radical (unpaired) electrons. The molecule has 0 bridgehead atoms. The van der Waals surface area contributed by atoms with Crippen LogP contribution in [0, 0.1) is 0 Å². The van der Waals surface area contributed by atoms with E-state index in [4.69, 9.17) is 5.73 Å². The second kappa shape index (κ2) is 3.57. The smallest absolute Gasteiger partial charge is 0.179 e. The summed E-state index contributed by atoms with van der Waals surface area (Å²) < 4.78 is 0. The first-order chi connectivity index (χ1) is 7.20. The molecule has 0 saturated carbocycles. The highest BCUT2D eigenvalue weighted by atomic mass is 16.1. The van der Waals surface area contributed by atoms with E-state index in [1.807, 2.05) is 30.3 Å². The fourth-order valence-electron chi connectivity index (χ4n) is 1.44. The number of carbonyl (C=O) groups is 1. The van der Waals surface area contributed by atoms with E-state index < -0.39 is 0 Å². The van der Waals surface area contributed by atoms with E-state index in [1.165, 1.54) is 6.92 Å². The summed E-state index contributed by atoms with van der Waals surface area (Å²) in [6.45, 7) is 1.46. The van der Waals surface area contributed by atoms with Crippen LogP contribution < -0.4 is 5.73 Å². The number of carbonyl (C=O) groups excluding carboxylic acids is 1. The number of nitrogen functional groups attached to an aromatic ring is 1. The first-order valence-electron chi connectivity index (χ1n) is 4.60. The molecule has 0 saturated heterocycles. The number of nitrogens with one attached hydrogen (secondary N) is 1. The van der Waals surface area contributed by atoms with Crippen molar-refractivity contribution in [2.45, 2.75) is 6.92 Å². The molecule has 1 heterocycles. The second-order valence-electron chi connectivity index (χ2n) is 3.28. The highest BCUT2D eigenvalue weighted by Gasteiger charge is 2.14. The number of hydrogen-bond acceptors (Lipinski definition) is 3. The molecule has 1 aromatic carbocycles. The van der Waals surface area contributed by atoms with Crippen molar-refractivity contribution >= 4 is 11.5 Å². The molecule has 1 aromatic heterocycles. The maximum Gasteiger partial charge on any atom is 0.179 e. The summed E-state index contributed by atoms with van der Waals surface area (Å²) in [6.07, 6.45) is 0. The average molecular weight is 201 g/mol. The van der Waals surface area contributed by atoms with Crippen molar-refractivity contribution < 1.29 is 4.79 Å². The number of ketones is 1. The molecule has 0 atom stereocenters. The fraction of sp³-hybridized carbons (Fsp3) is 0.0909. The van der Waals surface area contributed by atoms with Crippen molar-refractivity contribution in [3.8, 4) is 11.3 Å². The van der Waals surface area contributed by atoms with Crippen molar-refractivity contribution in [3.05, 3.63) is 36.0 Å². The van der Waals surface area contributed by atoms with Gasteiger partial charge in [-0.15, -0.1) is 0 Å². The van der Waals surface area contributed by atoms with Crippen LogP contribution in [0.1, 0.15) is 17.4 Å². The Bertz CT molecular complexity index is 488. The molecule has 0 aliphatic heterocycles. The number of Topliss-reactive ketones (excluding diaryl/α,β-unsaturated/α-hetero) is 1. The van der Waals surface area contributed by atoms with Gasteiger partial charge in [0.15, 0.2) is 5.78 Å². The van der Waals surface area contributed by atoms with Crippen LogP contribution >= 0.6 is 0 Å². The van der Waals surface area contributed by atoms with Gasteiger partial charge in [-0.2, -0.15) is 5.10 Å². The number of anilines is 1. The predicted molar refractivity (Wildman–Crippen MR) is 58.4 cm³/mol. The molecule has 0 amide bonds. The molecule has 0 aliphatic rings. The molecule has 76 valence electrons. The third-order valence-corrected chi connectivity index (χ3v) is 2.20. The zero-order valence-corrected chi connectivity index (χ0v) is 8.32. The monoisotopic (exact) mass is 201 g/mol. The average Bonchev–Trinajstić information content (AvgIpc) is 2.61. The van der Waals surface area contributed by atoms with E-state index in [0.29, 0.717) is 17.1 Å². The lowest BCUT2D eigenvalue weighted by atomic mass is 10.1. The normalized spacial score (nSPS) is 10.2. The summed E-state index contributed by atoms with van der Waals surface area (Å²) in [6, 6.07) is 9.51. The number of hydrogen-bond donors (Lipinski definition) is 2. The minimum atomic E-state index is -0.109. The molecule has 2 aromatic rings. The maximum absolute atomic E-state index is 11.2. The molecular weight excluding hydrogens is 190 g/mol. The van der Waals surface area contributed by atoms with Gasteiger partial charge in [-0.1, -0.05) is 30.3 Å². The Morgan fingerprint density at radius 1 is 1.33 bits per heavy atom. The van der Waals surface area contributed by atoms with E-state index in [9.17, 15) is 4.79 Å². The van der Waals surface area contributed by atoms with E-state index in [1.54, 1.807) is 0 Å². The van der Waals surface area contributed by atoms with E-state index in [2.05, 4.69) is 10.2 Å². The number of rotatable bonds is 2. The number of aromatic nitrogens is 2. The maximum atomic E-state index is 11.2. The van der Waals surface area contributed by atoms with Crippen LogP contribution in [0.4, 0.5) is 5.69 Å². The predicted octanol–water partition coefficient (Wildman–Crippen LogP) is 1.86. The van der Waals surface area contributed by atoms with E-state index in [0.717, 1.165) is 5.56 Å². The minimum Gasteiger partial charge on any atom is -0.395 e. The zero-order valence-electron chi connectivity index (χ0n) is 8.32. The molecule has 4 heteroatoms. The van der Waals surface area contributed by atoms with Crippen LogP contribution in [-0.2, 0) is 0 Å². The van der Waals surface area contributed by atoms with Gasteiger partial charge in [-0.3, -0.25) is 9.89 Å². The lowest BCUT2D eigenvalue weighted by Gasteiger charge is -1.97. The number of nitrogens with zero attached hydrogens (tertiary/aromatic N) is 1. The lowest BCUT2D eigenvalue weighted by Crippen LogP contribution is -1.98. The van der Waals surface area contributed by atoms with Crippen LogP contribution in [0.5, 0.6) is 0 Å². The first kappa shape index (κ1) is 9.45. The molecular formula is C11H11N3O. The molecule has 3 N–H and O–H groups in total. The molecule has 4 nitrogen and oxygen atoms in total. The van der Waals surface area contributed by atoms with Crippen LogP contribution in [0.25, 0.3) is 11.3 Å². The van der Waals surface area contributed by atoms with E-state index >= 15 is 0 Å². The highest BCUT2D eigenvalue weighted by Crippen LogP contribution is 2.25. The Morgan fingerprint density at radius 3 is 2.53 bits per heavy atom. The third kappa shape index (κ3) is 1.61. The third-order valence-electron chi connectivity index (χ3n) is 2.20. The van der Waals surface area contributed by atoms with Crippen molar-refractivity contribution in [1.29, 1.82) is 0 Å². The Balaban J connectivity index is 2.52. The summed E-state index contributed by atoms with van der Waals surface area (Å²) in [5.41, 5.74) is 8.13. The molecule has 0 unspecified atom stereocenters. The Hall–Kier alpha value is -2.10. The number of benzene rings is 1. The van der Waals surface area contributed by atoms with Gasteiger partial charge in [0, 0.05) is 12.5 Å².